The molecule has 1 aromatic heterocycles. The van der Waals surface area contributed by atoms with E-state index in [1.54, 1.807) is 0 Å². The average molecular weight is 285 g/mol. The molecule has 0 radical (unpaired) electrons. The Morgan fingerprint density at radius 2 is 2.05 bits per heavy atom. The van der Waals surface area contributed by atoms with Gasteiger partial charge >= 0.3 is 0 Å². The van der Waals surface area contributed by atoms with E-state index in [1.165, 1.54) is 11.1 Å². The molecule has 1 aliphatic heterocycles. The molecule has 4 nitrogen and oxygen atoms in total. The van der Waals surface area contributed by atoms with Crippen LogP contribution in [0.3, 0.4) is 0 Å². The van der Waals surface area contributed by atoms with Gasteiger partial charge in [-0.1, -0.05) is 30.3 Å². The highest BCUT2D eigenvalue weighted by atomic mass is 16.3. The number of aromatic nitrogens is 2. The molecule has 3 rings (SSSR count). The Morgan fingerprint density at radius 1 is 1.29 bits per heavy atom. The zero-order valence-corrected chi connectivity index (χ0v) is 12.7. The normalized spacial score (nSPS) is 23.4. The lowest BCUT2D eigenvalue weighted by atomic mass is 9.87. The monoisotopic (exact) mass is 285 g/mol. The predicted octanol–water partition coefficient (Wildman–Crippen LogP) is 2.38. The van der Waals surface area contributed by atoms with Gasteiger partial charge in [0.25, 0.3) is 0 Å². The number of hydrogen-bond acceptors (Lipinski definition) is 3. The zero-order valence-electron chi connectivity index (χ0n) is 12.7. The van der Waals surface area contributed by atoms with E-state index in [0.717, 1.165) is 37.4 Å². The summed E-state index contributed by atoms with van der Waals surface area (Å²) in [4.78, 5) is 2.33. The third-order valence-corrected chi connectivity index (χ3v) is 4.56. The van der Waals surface area contributed by atoms with Crippen molar-refractivity contribution in [1.29, 1.82) is 0 Å². The minimum absolute atomic E-state index is 0.258. The molecule has 1 aliphatic rings. The molecule has 21 heavy (non-hydrogen) atoms. The lowest BCUT2D eigenvalue weighted by Gasteiger charge is -2.36. The molecule has 1 saturated heterocycles. The maximum Gasteiger partial charge on any atom is 0.0736 e. The third kappa shape index (κ3) is 3.01. The van der Waals surface area contributed by atoms with Crippen LogP contribution in [0, 0.1) is 13.8 Å². The molecule has 0 aliphatic carbocycles. The lowest BCUT2D eigenvalue weighted by Crippen LogP contribution is -2.42. The molecule has 2 aromatic rings. The SMILES string of the molecule is Cc1n[nH]c(C)c1CN1CC[C@@H](c2ccccc2)[C@H](O)C1. The first-order chi connectivity index (χ1) is 10.1. The van der Waals surface area contributed by atoms with Gasteiger partial charge in [-0.15, -0.1) is 0 Å². The Balaban J connectivity index is 1.66. The molecule has 0 spiro atoms. The molecule has 0 bridgehead atoms. The first-order valence-corrected chi connectivity index (χ1v) is 7.61. The summed E-state index contributed by atoms with van der Waals surface area (Å²) in [6.07, 6.45) is 0.704. The quantitative estimate of drug-likeness (QED) is 0.910. The summed E-state index contributed by atoms with van der Waals surface area (Å²) in [7, 11) is 0. The van der Waals surface area contributed by atoms with E-state index in [9.17, 15) is 5.11 Å². The van der Waals surface area contributed by atoms with Crippen molar-refractivity contribution >= 4 is 0 Å². The van der Waals surface area contributed by atoms with Crippen molar-refractivity contribution in [1.82, 2.24) is 15.1 Å². The summed E-state index contributed by atoms with van der Waals surface area (Å²) in [6, 6.07) is 10.4. The standard InChI is InChI=1S/C17H23N3O/c1-12-16(13(2)19-18-12)10-20-9-8-15(17(21)11-20)14-6-4-3-5-7-14/h3-7,15,17,21H,8-11H2,1-2H3,(H,18,19)/t15-,17+/m0/s1. The highest BCUT2D eigenvalue weighted by molar-refractivity contribution is 5.24. The smallest absolute Gasteiger partial charge is 0.0736 e. The summed E-state index contributed by atoms with van der Waals surface area (Å²) < 4.78 is 0. The van der Waals surface area contributed by atoms with Crippen molar-refractivity contribution in [2.75, 3.05) is 13.1 Å². The fourth-order valence-corrected chi connectivity index (χ4v) is 3.26. The van der Waals surface area contributed by atoms with Gasteiger partial charge in [-0.2, -0.15) is 5.10 Å². The summed E-state index contributed by atoms with van der Waals surface area (Å²) >= 11 is 0. The van der Waals surface area contributed by atoms with Crippen LogP contribution in [0.1, 0.15) is 34.9 Å². The predicted molar refractivity (Wildman–Crippen MR) is 83.1 cm³/mol. The fraction of sp³-hybridized carbons (Fsp3) is 0.471. The van der Waals surface area contributed by atoms with E-state index in [1.807, 2.05) is 25.1 Å². The van der Waals surface area contributed by atoms with Gasteiger partial charge in [-0.3, -0.25) is 10.00 Å². The molecule has 4 heteroatoms. The molecule has 1 aromatic carbocycles. The van der Waals surface area contributed by atoms with Crippen LogP contribution in [-0.2, 0) is 6.54 Å². The second-order valence-corrected chi connectivity index (χ2v) is 6.02. The minimum atomic E-state index is -0.298. The van der Waals surface area contributed by atoms with Crippen LogP contribution in [0.25, 0.3) is 0 Å². The molecule has 0 unspecified atom stereocenters. The van der Waals surface area contributed by atoms with E-state index in [-0.39, 0.29) is 12.0 Å². The van der Waals surface area contributed by atoms with E-state index in [2.05, 4.69) is 34.2 Å². The number of aliphatic hydroxyl groups excluding tert-OH is 1. The molecule has 2 N–H and O–H groups in total. The van der Waals surface area contributed by atoms with Crippen LogP contribution < -0.4 is 0 Å². The molecule has 2 heterocycles. The van der Waals surface area contributed by atoms with Crippen molar-refractivity contribution in [3.8, 4) is 0 Å². The average Bonchev–Trinajstić information content (AvgIpc) is 2.80. The van der Waals surface area contributed by atoms with E-state index in [4.69, 9.17) is 0 Å². The molecule has 1 fully saturated rings. The number of aliphatic hydroxyl groups is 1. The number of benzene rings is 1. The number of nitrogens with one attached hydrogen (secondary N) is 1. The van der Waals surface area contributed by atoms with Crippen LogP contribution in [0.2, 0.25) is 0 Å². The summed E-state index contributed by atoms with van der Waals surface area (Å²) in [6.45, 7) is 6.70. The first-order valence-electron chi connectivity index (χ1n) is 7.61. The van der Waals surface area contributed by atoms with Gasteiger partial charge in [0.1, 0.15) is 0 Å². The molecule has 0 saturated carbocycles. The maximum absolute atomic E-state index is 10.5. The highest BCUT2D eigenvalue weighted by Gasteiger charge is 2.29. The van der Waals surface area contributed by atoms with E-state index in [0.29, 0.717) is 0 Å². The lowest BCUT2D eigenvalue weighted by molar-refractivity contribution is 0.0475. The summed E-state index contributed by atoms with van der Waals surface area (Å²) in [5.41, 5.74) is 4.71. The Kier molecular flexibility index (Phi) is 4.08. The number of aromatic amines is 1. The maximum atomic E-state index is 10.5. The Labute approximate surface area is 125 Å². The molecular weight excluding hydrogens is 262 g/mol. The number of β-amino-alcohol motifs (C(OH)–C–C–N with tert-alkyl or cyclic N) is 1. The number of nitrogens with zero attached hydrogens (tertiary/aromatic N) is 2. The van der Waals surface area contributed by atoms with Crippen molar-refractivity contribution in [2.45, 2.75) is 38.8 Å². The van der Waals surface area contributed by atoms with Crippen molar-refractivity contribution < 1.29 is 5.11 Å². The Morgan fingerprint density at radius 3 is 2.67 bits per heavy atom. The van der Waals surface area contributed by atoms with Crippen molar-refractivity contribution in [3.05, 3.63) is 52.8 Å². The Bertz CT molecular complexity index is 574. The van der Waals surface area contributed by atoms with Gasteiger partial charge in [-0.05, 0) is 32.4 Å². The second-order valence-electron chi connectivity index (χ2n) is 6.02. The zero-order chi connectivity index (χ0) is 14.8. The number of H-pyrrole nitrogens is 1. The number of likely N-dealkylation sites (tertiary alicyclic amines) is 1. The first kappa shape index (κ1) is 14.3. The summed E-state index contributed by atoms with van der Waals surface area (Å²) in [5, 5.41) is 17.8. The van der Waals surface area contributed by atoms with Crippen LogP contribution >= 0.6 is 0 Å². The fourth-order valence-electron chi connectivity index (χ4n) is 3.26. The molecular formula is C17H23N3O. The van der Waals surface area contributed by atoms with Crippen LogP contribution in [-0.4, -0.2) is 39.4 Å². The molecule has 112 valence electrons. The molecule has 0 amide bonds. The number of rotatable bonds is 3. The number of hydrogen-bond donors (Lipinski definition) is 2. The van der Waals surface area contributed by atoms with Gasteiger partial charge in [0.2, 0.25) is 0 Å². The third-order valence-electron chi connectivity index (χ3n) is 4.56. The van der Waals surface area contributed by atoms with Gasteiger partial charge in [0.05, 0.1) is 11.8 Å². The number of aryl methyl sites for hydroxylation is 2. The highest BCUT2D eigenvalue weighted by Crippen LogP contribution is 2.29. The number of piperidine rings is 1. The van der Waals surface area contributed by atoms with Gasteiger partial charge in [-0.25, -0.2) is 0 Å². The van der Waals surface area contributed by atoms with Crippen molar-refractivity contribution in [3.63, 3.8) is 0 Å². The Hall–Kier alpha value is -1.65. The minimum Gasteiger partial charge on any atom is -0.391 e. The van der Waals surface area contributed by atoms with Crippen LogP contribution in [0.5, 0.6) is 0 Å². The largest absolute Gasteiger partial charge is 0.391 e. The van der Waals surface area contributed by atoms with Crippen LogP contribution in [0.15, 0.2) is 30.3 Å². The van der Waals surface area contributed by atoms with Gasteiger partial charge < -0.3 is 5.11 Å². The topological polar surface area (TPSA) is 52.2 Å². The summed E-state index contributed by atoms with van der Waals surface area (Å²) in [5.74, 6) is 0.258. The second kappa shape index (κ2) is 6.00. The van der Waals surface area contributed by atoms with E-state index < -0.39 is 0 Å². The van der Waals surface area contributed by atoms with Crippen LogP contribution in [0.4, 0.5) is 0 Å². The van der Waals surface area contributed by atoms with Gasteiger partial charge in [0.15, 0.2) is 0 Å². The van der Waals surface area contributed by atoms with E-state index >= 15 is 0 Å². The van der Waals surface area contributed by atoms with Gasteiger partial charge in [0, 0.05) is 30.3 Å². The molecule has 2 atom stereocenters. The van der Waals surface area contributed by atoms with Crippen molar-refractivity contribution in [2.24, 2.45) is 0 Å².